The third kappa shape index (κ3) is 3.97. The number of rotatable bonds is 4. The van der Waals surface area contributed by atoms with Gasteiger partial charge in [0.15, 0.2) is 0 Å². The van der Waals surface area contributed by atoms with E-state index in [2.05, 4.69) is 20.6 Å². The molecule has 2 N–H and O–H groups in total. The Hall–Kier alpha value is -2.57. The smallest absolute Gasteiger partial charge is 0.274 e. The van der Waals surface area contributed by atoms with Crippen molar-refractivity contribution < 1.29 is 13.6 Å². The molecular weight excluding hydrogens is 290 g/mol. The number of hydrogen-bond donors (Lipinski definition) is 2. The summed E-state index contributed by atoms with van der Waals surface area (Å²) in [6.07, 6.45) is 0. The van der Waals surface area contributed by atoms with Gasteiger partial charge in [-0.25, -0.2) is 18.7 Å². The number of halogens is 2. The Morgan fingerprint density at radius 2 is 1.91 bits per heavy atom. The van der Waals surface area contributed by atoms with Gasteiger partial charge in [0.2, 0.25) is 5.95 Å². The van der Waals surface area contributed by atoms with E-state index in [0.29, 0.717) is 17.7 Å². The van der Waals surface area contributed by atoms with E-state index in [-0.39, 0.29) is 17.4 Å². The van der Waals surface area contributed by atoms with Crippen LogP contribution in [0.4, 0.5) is 20.4 Å². The van der Waals surface area contributed by atoms with Crippen LogP contribution in [-0.2, 0) is 0 Å². The molecule has 1 aromatic carbocycles. The number of hydrogen-bond acceptors (Lipinski definition) is 4. The van der Waals surface area contributed by atoms with Crippen molar-refractivity contribution in [1.29, 1.82) is 0 Å². The first kappa shape index (κ1) is 15.8. The lowest BCUT2D eigenvalue weighted by molar-refractivity contribution is 0.102. The van der Waals surface area contributed by atoms with Crippen LogP contribution >= 0.6 is 0 Å². The first-order valence-electron chi connectivity index (χ1n) is 6.74. The molecule has 22 heavy (non-hydrogen) atoms. The van der Waals surface area contributed by atoms with Gasteiger partial charge in [-0.05, 0) is 39.0 Å². The zero-order valence-electron chi connectivity index (χ0n) is 12.4. The minimum Gasteiger partial charge on any atom is -0.352 e. The van der Waals surface area contributed by atoms with Gasteiger partial charge in [-0.3, -0.25) is 4.79 Å². The Kier molecular flexibility index (Phi) is 4.65. The van der Waals surface area contributed by atoms with Crippen molar-refractivity contribution in [3.05, 3.63) is 47.3 Å². The zero-order chi connectivity index (χ0) is 16.3. The molecule has 0 aliphatic heterocycles. The maximum absolute atomic E-state index is 13.6. The topological polar surface area (TPSA) is 66.9 Å². The molecule has 0 aliphatic rings. The number of anilines is 2. The van der Waals surface area contributed by atoms with Crippen LogP contribution in [-0.4, -0.2) is 21.9 Å². The van der Waals surface area contributed by atoms with Crippen LogP contribution in [0.1, 0.15) is 30.0 Å². The zero-order valence-corrected chi connectivity index (χ0v) is 12.4. The van der Waals surface area contributed by atoms with Crippen LogP contribution < -0.4 is 10.6 Å². The molecule has 2 aromatic rings. The van der Waals surface area contributed by atoms with Crippen LogP contribution in [0.5, 0.6) is 0 Å². The monoisotopic (exact) mass is 306 g/mol. The molecule has 1 amide bonds. The molecule has 5 nitrogen and oxygen atoms in total. The van der Waals surface area contributed by atoms with Gasteiger partial charge in [0.1, 0.15) is 17.3 Å². The fraction of sp³-hybridized carbons (Fsp3) is 0.267. The van der Waals surface area contributed by atoms with Gasteiger partial charge in [-0.2, -0.15) is 0 Å². The number of amides is 1. The Morgan fingerprint density at radius 3 is 2.55 bits per heavy atom. The van der Waals surface area contributed by atoms with E-state index < -0.39 is 17.5 Å². The maximum atomic E-state index is 13.6. The molecule has 1 heterocycles. The van der Waals surface area contributed by atoms with Crippen LogP contribution in [0, 0.1) is 18.6 Å². The van der Waals surface area contributed by atoms with Crippen molar-refractivity contribution in [3.8, 4) is 0 Å². The van der Waals surface area contributed by atoms with E-state index >= 15 is 0 Å². The molecule has 0 bridgehead atoms. The summed E-state index contributed by atoms with van der Waals surface area (Å²) in [5, 5.41) is 5.36. The molecule has 0 spiro atoms. The van der Waals surface area contributed by atoms with Gasteiger partial charge in [0, 0.05) is 17.8 Å². The van der Waals surface area contributed by atoms with Crippen molar-refractivity contribution >= 4 is 17.5 Å². The first-order valence-corrected chi connectivity index (χ1v) is 6.74. The van der Waals surface area contributed by atoms with Crippen molar-refractivity contribution in [2.24, 2.45) is 0 Å². The van der Waals surface area contributed by atoms with E-state index in [4.69, 9.17) is 0 Å². The van der Waals surface area contributed by atoms with Crippen molar-refractivity contribution in [2.45, 2.75) is 26.8 Å². The molecule has 0 unspecified atom stereocenters. The molecule has 0 saturated heterocycles. The first-order chi connectivity index (χ1) is 10.3. The van der Waals surface area contributed by atoms with Crippen molar-refractivity contribution in [1.82, 2.24) is 9.97 Å². The SMILES string of the molecule is Cc1cc(C(=O)Nc2ccc(F)cc2F)nc(NC(C)C)n1. The minimum absolute atomic E-state index is 0.0966. The lowest BCUT2D eigenvalue weighted by Crippen LogP contribution is -2.18. The molecule has 116 valence electrons. The highest BCUT2D eigenvalue weighted by atomic mass is 19.1. The minimum atomic E-state index is -0.848. The Bertz CT molecular complexity index is 704. The number of benzene rings is 1. The fourth-order valence-electron chi connectivity index (χ4n) is 1.78. The average Bonchev–Trinajstić information content (AvgIpc) is 2.40. The van der Waals surface area contributed by atoms with Gasteiger partial charge in [0.05, 0.1) is 5.69 Å². The van der Waals surface area contributed by atoms with Crippen molar-refractivity contribution in [2.75, 3.05) is 10.6 Å². The summed E-state index contributed by atoms with van der Waals surface area (Å²) in [5.74, 6) is -1.83. The second-order valence-electron chi connectivity index (χ2n) is 5.10. The van der Waals surface area contributed by atoms with Crippen LogP contribution in [0.25, 0.3) is 0 Å². The second kappa shape index (κ2) is 6.46. The largest absolute Gasteiger partial charge is 0.352 e. The highest BCUT2D eigenvalue weighted by molar-refractivity contribution is 6.03. The third-order valence-corrected chi connectivity index (χ3v) is 2.68. The molecule has 1 aromatic heterocycles. The Labute approximate surface area is 126 Å². The molecule has 0 radical (unpaired) electrons. The van der Waals surface area contributed by atoms with Gasteiger partial charge >= 0.3 is 0 Å². The van der Waals surface area contributed by atoms with Crippen LogP contribution in [0.2, 0.25) is 0 Å². The lowest BCUT2D eigenvalue weighted by Gasteiger charge is -2.11. The summed E-state index contributed by atoms with van der Waals surface area (Å²) >= 11 is 0. The summed E-state index contributed by atoms with van der Waals surface area (Å²) in [6.45, 7) is 5.56. The predicted octanol–water partition coefficient (Wildman–Crippen LogP) is 3.14. The summed E-state index contributed by atoms with van der Waals surface area (Å²) in [6, 6.07) is 4.52. The number of nitrogens with one attached hydrogen (secondary N) is 2. The molecule has 0 atom stereocenters. The van der Waals surface area contributed by atoms with E-state index in [1.165, 1.54) is 6.07 Å². The summed E-state index contributed by atoms with van der Waals surface area (Å²) in [7, 11) is 0. The van der Waals surface area contributed by atoms with E-state index in [1.54, 1.807) is 6.92 Å². The summed E-state index contributed by atoms with van der Waals surface area (Å²) in [5.41, 5.74) is 0.586. The predicted molar refractivity (Wildman–Crippen MR) is 79.8 cm³/mol. The number of aryl methyl sites for hydroxylation is 1. The summed E-state index contributed by atoms with van der Waals surface area (Å²) in [4.78, 5) is 20.4. The van der Waals surface area contributed by atoms with Crippen molar-refractivity contribution in [3.63, 3.8) is 0 Å². The highest BCUT2D eigenvalue weighted by Crippen LogP contribution is 2.16. The Morgan fingerprint density at radius 1 is 1.18 bits per heavy atom. The molecule has 7 heteroatoms. The van der Waals surface area contributed by atoms with E-state index in [0.717, 1.165) is 12.1 Å². The molecule has 0 fully saturated rings. The van der Waals surface area contributed by atoms with Crippen LogP contribution in [0.15, 0.2) is 24.3 Å². The number of carbonyl (C=O) groups excluding carboxylic acids is 1. The Balaban J connectivity index is 2.23. The van der Waals surface area contributed by atoms with Gasteiger partial charge < -0.3 is 10.6 Å². The van der Waals surface area contributed by atoms with Gasteiger partial charge in [0.25, 0.3) is 5.91 Å². The molecular formula is C15H16F2N4O. The molecule has 2 rings (SSSR count). The average molecular weight is 306 g/mol. The number of carbonyl (C=O) groups is 1. The summed E-state index contributed by atoms with van der Waals surface area (Å²) < 4.78 is 26.4. The van der Waals surface area contributed by atoms with Gasteiger partial charge in [-0.1, -0.05) is 0 Å². The van der Waals surface area contributed by atoms with Gasteiger partial charge in [-0.15, -0.1) is 0 Å². The highest BCUT2D eigenvalue weighted by Gasteiger charge is 2.13. The fourth-order valence-corrected chi connectivity index (χ4v) is 1.78. The van der Waals surface area contributed by atoms with Crippen LogP contribution in [0.3, 0.4) is 0 Å². The second-order valence-corrected chi connectivity index (χ2v) is 5.10. The van der Waals surface area contributed by atoms with E-state index in [9.17, 15) is 13.6 Å². The standard InChI is InChI=1S/C15H16F2N4O/c1-8(2)18-15-19-9(3)6-13(21-15)14(22)20-12-5-4-10(16)7-11(12)17/h4-8H,1-3H3,(H,20,22)(H,18,19,21). The maximum Gasteiger partial charge on any atom is 0.274 e. The quantitative estimate of drug-likeness (QED) is 0.910. The lowest BCUT2D eigenvalue weighted by atomic mass is 10.2. The molecule has 0 saturated carbocycles. The number of nitrogens with zero attached hydrogens (tertiary/aromatic N) is 2. The third-order valence-electron chi connectivity index (χ3n) is 2.68. The number of aromatic nitrogens is 2. The molecule has 0 aliphatic carbocycles. The van der Waals surface area contributed by atoms with E-state index in [1.807, 2.05) is 13.8 Å². The normalized spacial score (nSPS) is 10.6.